The lowest BCUT2D eigenvalue weighted by atomic mass is 10.2. The maximum absolute atomic E-state index is 13.1. The van der Waals surface area contributed by atoms with E-state index in [1.807, 2.05) is 0 Å². The monoisotopic (exact) mass is 338 g/mol. The fraction of sp³-hybridized carbons (Fsp3) is 0.267. The normalized spacial score (nSPS) is 10.6. The van der Waals surface area contributed by atoms with E-state index < -0.39 is 11.7 Å². The number of carbonyl (C=O) groups is 1. The summed E-state index contributed by atoms with van der Waals surface area (Å²) in [6.45, 7) is 0.807. The number of nitrogens with zero attached hydrogens (tertiary/aromatic N) is 3. The average molecular weight is 339 g/mol. The summed E-state index contributed by atoms with van der Waals surface area (Å²) < 4.78 is 18.2. The van der Waals surface area contributed by atoms with E-state index in [-0.39, 0.29) is 23.1 Å². The lowest BCUT2D eigenvalue weighted by molar-refractivity contribution is 0.0675. The lowest BCUT2D eigenvalue weighted by Crippen LogP contribution is -2.34. The summed E-state index contributed by atoms with van der Waals surface area (Å²) >= 11 is 6.03. The van der Waals surface area contributed by atoms with Crippen LogP contribution in [0.3, 0.4) is 0 Å². The fourth-order valence-corrected chi connectivity index (χ4v) is 2.20. The molecule has 1 aromatic carbocycles. The quantitative estimate of drug-likeness (QED) is 0.872. The Morgan fingerprint density at radius 2 is 2.13 bits per heavy atom. The molecule has 0 radical (unpaired) electrons. The number of benzene rings is 1. The van der Waals surface area contributed by atoms with Crippen molar-refractivity contribution in [1.82, 2.24) is 14.9 Å². The van der Waals surface area contributed by atoms with Crippen LogP contribution in [0.25, 0.3) is 0 Å². The minimum Gasteiger partial charge on any atom is -0.383 e. The van der Waals surface area contributed by atoms with Crippen LogP contribution in [0.2, 0.25) is 5.02 Å². The first-order chi connectivity index (χ1) is 11.0. The highest BCUT2D eigenvalue weighted by Crippen LogP contribution is 2.20. The van der Waals surface area contributed by atoms with Crippen LogP contribution in [0.4, 0.5) is 10.2 Å². The Kier molecular flexibility index (Phi) is 5.84. The fourth-order valence-electron chi connectivity index (χ4n) is 1.97. The van der Waals surface area contributed by atoms with Crippen LogP contribution < -0.4 is 5.73 Å². The van der Waals surface area contributed by atoms with Crippen molar-refractivity contribution in [3.05, 3.63) is 52.7 Å². The number of aromatic nitrogens is 2. The predicted molar refractivity (Wildman–Crippen MR) is 84.5 cm³/mol. The van der Waals surface area contributed by atoms with Crippen molar-refractivity contribution in [2.45, 2.75) is 6.54 Å². The number of anilines is 1. The smallest absolute Gasteiger partial charge is 0.276 e. The maximum atomic E-state index is 13.1. The highest BCUT2D eigenvalue weighted by Gasteiger charge is 2.21. The minimum atomic E-state index is -0.438. The van der Waals surface area contributed by atoms with Gasteiger partial charge in [0.15, 0.2) is 11.5 Å². The molecule has 1 aromatic heterocycles. The highest BCUT2D eigenvalue weighted by molar-refractivity contribution is 6.31. The van der Waals surface area contributed by atoms with Crippen molar-refractivity contribution in [3.63, 3.8) is 0 Å². The number of rotatable bonds is 6. The molecule has 6 nitrogen and oxygen atoms in total. The van der Waals surface area contributed by atoms with Gasteiger partial charge < -0.3 is 15.4 Å². The summed E-state index contributed by atoms with van der Waals surface area (Å²) in [4.78, 5) is 21.9. The van der Waals surface area contributed by atoms with Crippen LogP contribution in [0.5, 0.6) is 0 Å². The van der Waals surface area contributed by atoms with Gasteiger partial charge in [-0.3, -0.25) is 4.79 Å². The Bertz CT molecular complexity index is 699. The molecule has 1 amide bonds. The number of carbonyl (C=O) groups excluding carboxylic acids is 1. The molecule has 2 N–H and O–H groups in total. The van der Waals surface area contributed by atoms with E-state index in [0.717, 1.165) is 0 Å². The zero-order valence-electron chi connectivity index (χ0n) is 12.5. The second kappa shape index (κ2) is 7.85. The standard InChI is InChI=1S/C15H16ClFN4O2/c1-23-7-6-21(9-10-2-3-11(17)8-12(10)16)15(22)13-14(18)20-5-4-19-13/h2-5,8H,6-7,9H2,1H3,(H2,18,20). The van der Waals surface area contributed by atoms with Gasteiger partial charge >= 0.3 is 0 Å². The summed E-state index contributed by atoms with van der Waals surface area (Å²) in [6.07, 6.45) is 2.80. The Hall–Kier alpha value is -2.25. The largest absolute Gasteiger partial charge is 0.383 e. The third-order valence-electron chi connectivity index (χ3n) is 3.16. The molecular formula is C15H16ClFN4O2. The van der Waals surface area contributed by atoms with E-state index >= 15 is 0 Å². The minimum absolute atomic E-state index is 0.0464. The van der Waals surface area contributed by atoms with Gasteiger partial charge in [0.1, 0.15) is 5.82 Å². The van der Waals surface area contributed by atoms with Crippen molar-refractivity contribution < 1.29 is 13.9 Å². The van der Waals surface area contributed by atoms with Crippen LogP contribution in [-0.2, 0) is 11.3 Å². The van der Waals surface area contributed by atoms with Gasteiger partial charge in [-0.25, -0.2) is 14.4 Å². The van der Waals surface area contributed by atoms with Crippen molar-refractivity contribution in [1.29, 1.82) is 0 Å². The van der Waals surface area contributed by atoms with Crippen molar-refractivity contribution in [2.24, 2.45) is 0 Å². The molecule has 0 fully saturated rings. The number of nitrogens with two attached hydrogens (primary N) is 1. The Labute approximate surface area is 138 Å². The van der Waals surface area contributed by atoms with Crippen molar-refractivity contribution >= 4 is 23.3 Å². The van der Waals surface area contributed by atoms with Gasteiger partial charge in [-0.15, -0.1) is 0 Å². The molecule has 0 aliphatic rings. The second-order valence-electron chi connectivity index (χ2n) is 4.75. The van der Waals surface area contributed by atoms with Crippen LogP contribution >= 0.6 is 11.6 Å². The van der Waals surface area contributed by atoms with E-state index in [2.05, 4.69) is 9.97 Å². The molecule has 0 spiro atoms. The van der Waals surface area contributed by atoms with Crippen LogP contribution in [0, 0.1) is 5.82 Å². The number of hydrogen-bond donors (Lipinski definition) is 1. The van der Waals surface area contributed by atoms with Gasteiger partial charge in [0, 0.05) is 37.6 Å². The predicted octanol–water partition coefficient (Wildman–Crippen LogP) is 2.14. The van der Waals surface area contributed by atoms with Crippen molar-refractivity contribution in [3.8, 4) is 0 Å². The summed E-state index contributed by atoms with van der Waals surface area (Å²) in [5, 5.41) is 0.243. The van der Waals surface area contributed by atoms with Gasteiger partial charge in [-0.05, 0) is 17.7 Å². The number of nitrogen functional groups attached to an aromatic ring is 1. The number of hydrogen-bond acceptors (Lipinski definition) is 5. The van der Waals surface area contributed by atoms with Crippen LogP contribution in [0.1, 0.15) is 16.1 Å². The molecule has 0 unspecified atom stereocenters. The first kappa shape index (κ1) is 17.1. The summed E-state index contributed by atoms with van der Waals surface area (Å²) in [6, 6.07) is 4.02. The molecule has 2 aromatic rings. The molecule has 2 rings (SSSR count). The van der Waals surface area contributed by atoms with E-state index in [0.29, 0.717) is 18.7 Å². The first-order valence-corrected chi connectivity index (χ1v) is 7.19. The molecular weight excluding hydrogens is 323 g/mol. The molecule has 0 bridgehead atoms. The maximum Gasteiger partial charge on any atom is 0.276 e. The van der Waals surface area contributed by atoms with E-state index in [1.54, 1.807) is 0 Å². The molecule has 1 heterocycles. The molecule has 0 aliphatic carbocycles. The number of ether oxygens (including phenoxy) is 1. The number of amides is 1. The third kappa shape index (κ3) is 4.37. The van der Waals surface area contributed by atoms with E-state index in [4.69, 9.17) is 22.1 Å². The average Bonchev–Trinajstić information content (AvgIpc) is 2.53. The summed E-state index contributed by atoms with van der Waals surface area (Å²) in [7, 11) is 1.53. The second-order valence-corrected chi connectivity index (χ2v) is 5.15. The highest BCUT2D eigenvalue weighted by atomic mass is 35.5. The zero-order valence-corrected chi connectivity index (χ0v) is 13.3. The van der Waals surface area contributed by atoms with Gasteiger partial charge in [0.25, 0.3) is 5.91 Å². The summed E-state index contributed by atoms with van der Waals surface area (Å²) in [5.41, 5.74) is 6.37. The molecule has 8 heteroatoms. The molecule has 0 aliphatic heterocycles. The third-order valence-corrected chi connectivity index (χ3v) is 3.51. The zero-order chi connectivity index (χ0) is 16.8. The molecule has 0 saturated heterocycles. The van der Waals surface area contributed by atoms with Gasteiger partial charge in [0.05, 0.1) is 6.61 Å². The van der Waals surface area contributed by atoms with Crippen molar-refractivity contribution in [2.75, 3.05) is 26.0 Å². The number of halogens is 2. The van der Waals surface area contributed by atoms with E-state index in [1.165, 1.54) is 42.6 Å². The van der Waals surface area contributed by atoms with E-state index in [9.17, 15) is 9.18 Å². The molecule has 0 saturated carbocycles. The van der Waals surface area contributed by atoms with Gasteiger partial charge in [-0.2, -0.15) is 0 Å². The lowest BCUT2D eigenvalue weighted by Gasteiger charge is -2.23. The van der Waals surface area contributed by atoms with Crippen LogP contribution in [-0.4, -0.2) is 41.0 Å². The SMILES string of the molecule is COCCN(Cc1ccc(F)cc1Cl)C(=O)c1nccnc1N. The van der Waals surface area contributed by atoms with Gasteiger partial charge in [0.2, 0.25) is 0 Å². The summed E-state index contributed by atoms with van der Waals surface area (Å²) in [5.74, 6) is -0.787. The topological polar surface area (TPSA) is 81.3 Å². The molecule has 122 valence electrons. The Morgan fingerprint density at radius 1 is 1.39 bits per heavy atom. The Morgan fingerprint density at radius 3 is 2.78 bits per heavy atom. The van der Waals surface area contributed by atoms with Crippen LogP contribution in [0.15, 0.2) is 30.6 Å². The molecule has 23 heavy (non-hydrogen) atoms. The van der Waals surface area contributed by atoms with Gasteiger partial charge in [-0.1, -0.05) is 17.7 Å². The first-order valence-electron chi connectivity index (χ1n) is 6.81. The Balaban J connectivity index is 2.26. The molecule has 0 atom stereocenters. The number of methoxy groups -OCH3 is 1.